The Morgan fingerprint density at radius 3 is 2.55 bits per heavy atom. The summed E-state index contributed by atoms with van der Waals surface area (Å²) in [7, 11) is 0. The molecule has 1 heterocycles. The Labute approximate surface area is 176 Å². The van der Waals surface area contributed by atoms with E-state index in [1.165, 1.54) is 6.42 Å². The summed E-state index contributed by atoms with van der Waals surface area (Å²) in [6.45, 7) is 0. The van der Waals surface area contributed by atoms with Gasteiger partial charge < -0.3 is 5.32 Å². The van der Waals surface area contributed by atoms with Crippen LogP contribution in [0.25, 0.3) is 0 Å². The van der Waals surface area contributed by atoms with Gasteiger partial charge in [-0.3, -0.25) is 14.6 Å². The van der Waals surface area contributed by atoms with Crippen LogP contribution in [0.4, 0.5) is 0 Å². The Bertz CT molecular complexity index is 944. The average molecular weight is 409 g/mol. The van der Waals surface area contributed by atoms with Crippen molar-refractivity contribution in [1.29, 1.82) is 0 Å². The van der Waals surface area contributed by atoms with E-state index in [0.717, 1.165) is 32.1 Å². The van der Waals surface area contributed by atoms with E-state index in [9.17, 15) is 9.59 Å². The molecule has 4 aliphatic carbocycles. The molecular formula is C24H25ClN2O2. The van der Waals surface area contributed by atoms with E-state index in [1.807, 2.05) is 24.3 Å². The van der Waals surface area contributed by atoms with Crippen molar-refractivity contribution >= 4 is 23.3 Å². The largest absolute Gasteiger partial charge is 0.345 e. The second kappa shape index (κ2) is 6.94. The number of pyridine rings is 1. The molecule has 2 unspecified atom stereocenters. The minimum absolute atomic E-state index is 0.0130. The van der Waals surface area contributed by atoms with Crippen molar-refractivity contribution in [2.24, 2.45) is 17.3 Å². The first-order valence-electron chi connectivity index (χ1n) is 10.5. The molecule has 0 aliphatic heterocycles. The number of nitrogens with zero attached hydrogens (tertiary/aromatic N) is 1. The molecule has 4 fully saturated rings. The number of aromatic nitrogens is 1. The Kier molecular flexibility index (Phi) is 4.50. The summed E-state index contributed by atoms with van der Waals surface area (Å²) in [6, 6.07) is 12.7. The highest BCUT2D eigenvalue weighted by molar-refractivity contribution is 6.31. The Hall–Kier alpha value is -2.20. The van der Waals surface area contributed by atoms with Crippen LogP contribution in [0.5, 0.6) is 0 Å². The first-order valence-corrected chi connectivity index (χ1v) is 10.8. The van der Waals surface area contributed by atoms with E-state index >= 15 is 0 Å². The topological polar surface area (TPSA) is 59.1 Å². The van der Waals surface area contributed by atoms with Crippen molar-refractivity contribution < 1.29 is 9.59 Å². The molecule has 29 heavy (non-hydrogen) atoms. The molecule has 4 saturated carbocycles. The molecule has 4 nitrogen and oxygen atoms in total. The lowest BCUT2D eigenvalue weighted by molar-refractivity contribution is -0.0771. The maximum Gasteiger partial charge on any atom is 0.270 e. The van der Waals surface area contributed by atoms with Crippen LogP contribution < -0.4 is 5.32 Å². The molecule has 2 aromatic rings. The number of nitrogens with one attached hydrogen (secondary N) is 1. The van der Waals surface area contributed by atoms with Crippen molar-refractivity contribution in [3.8, 4) is 0 Å². The SMILES string of the molecule is O=C(CC12CC3CC(C1)CC(NC(=O)c1ccccn1)(C3)C2)c1cccc(Cl)c1. The minimum atomic E-state index is -0.201. The predicted octanol–water partition coefficient (Wildman–Crippen LogP) is 5.08. The summed E-state index contributed by atoms with van der Waals surface area (Å²) >= 11 is 6.10. The van der Waals surface area contributed by atoms with Gasteiger partial charge in [0, 0.05) is 28.7 Å². The van der Waals surface area contributed by atoms with Crippen molar-refractivity contribution in [2.45, 2.75) is 50.5 Å². The minimum Gasteiger partial charge on any atom is -0.345 e. The van der Waals surface area contributed by atoms with Crippen LogP contribution in [-0.4, -0.2) is 22.2 Å². The van der Waals surface area contributed by atoms with Gasteiger partial charge in [-0.1, -0.05) is 29.8 Å². The van der Waals surface area contributed by atoms with Gasteiger partial charge in [-0.25, -0.2) is 0 Å². The van der Waals surface area contributed by atoms with Crippen LogP contribution in [0.2, 0.25) is 5.02 Å². The van der Waals surface area contributed by atoms with Crippen LogP contribution in [0.15, 0.2) is 48.7 Å². The van der Waals surface area contributed by atoms with Crippen LogP contribution in [0.1, 0.15) is 65.8 Å². The first-order chi connectivity index (χ1) is 13.9. The molecule has 4 bridgehead atoms. The van der Waals surface area contributed by atoms with Gasteiger partial charge in [-0.15, -0.1) is 0 Å². The lowest BCUT2D eigenvalue weighted by Crippen LogP contribution is -2.63. The molecule has 1 aromatic heterocycles. The highest BCUT2D eigenvalue weighted by Crippen LogP contribution is 2.63. The van der Waals surface area contributed by atoms with Gasteiger partial charge in [0.2, 0.25) is 0 Å². The zero-order chi connectivity index (χ0) is 20.1. The maximum atomic E-state index is 13.1. The molecular weight excluding hydrogens is 384 g/mol. The van der Waals surface area contributed by atoms with E-state index in [2.05, 4.69) is 10.3 Å². The van der Waals surface area contributed by atoms with E-state index in [0.29, 0.717) is 34.5 Å². The van der Waals surface area contributed by atoms with Crippen LogP contribution in [-0.2, 0) is 0 Å². The Morgan fingerprint density at radius 1 is 1.07 bits per heavy atom. The third-order valence-electron chi connectivity index (χ3n) is 7.14. The summed E-state index contributed by atoms with van der Waals surface area (Å²) in [5.41, 5.74) is 0.945. The van der Waals surface area contributed by atoms with E-state index < -0.39 is 0 Å². The molecule has 5 heteroatoms. The number of ketones is 1. The zero-order valence-corrected chi connectivity index (χ0v) is 17.1. The number of halogens is 1. The third-order valence-corrected chi connectivity index (χ3v) is 7.38. The van der Waals surface area contributed by atoms with Gasteiger partial charge in [0.1, 0.15) is 5.69 Å². The molecule has 2 atom stereocenters. The van der Waals surface area contributed by atoms with Gasteiger partial charge >= 0.3 is 0 Å². The van der Waals surface area contributed by atoms with Crippen molar-refractivity contribution in [2.75, 3.05) is 0 Å². The number of hydrogen-bond donors (Lipinski definition) is 1. The highest BCUT2D eigenvalue weighted by Gasteiger charge is 2.58. The molecule has 150 valence electrons. The molecule has 0 radical (unpaired) electrons. The zero-order valence-electron chi connectivity index (χ0n) is 16.4. The molecule has 1 N–H and O–H groups in total. The highest BCUT2D eigenvalue weighted by atomic mass is 35.5. The number of rotatable bonds is 5. The van der Waals surface area contributed by atoms with Crippen LogP contribution in [0, 0.1) is 17.3 Å². The standard InChI is InChI=1S/C24H25ClN2O2/c25-19-5-3-4-18(9-19)21(28)14-23-10-16-8-17(11-23)13-24(12-16,15-23)27-22(29)20-6-1-2-7-26-20/h1-7,9,16-17H,8,10-15H2,(H,27,29). The van der Waals surface area contributed by atoms with Crippen LogP contribution in [0.3, 0.4) is 0 Å². The lowest BCUT2D eigenvalue weighted by Gasteiger charge is -2.62. The van der Waals surface area contributed by atoms with E-state index in [-0.39, 0.29) is 22.6 Å². The summed E-state index contributed by atoms with van der Waals surface area (Å²) in [4.78, 5) is 30.1. The summed E-state index contributed by atoms with van der Waals surface area (Å²) < 4.78 is 0. The monoisotopic (exact) mass is 408 g/mol. The Morgan fingerprint density at radius 2 is 1.86 bits per heavy atom. The fourth-order valence-electron chi connectivity index (χ4n) is 6.71. The summed E-state index contributed by atoms with van der Waals surface area (Å²) in [6.07, 6.45) is 8.55. The van der Waals surface area contributed by atoms with Crippen molar-refractivity contribution in [3.05, 3.63) is 64.9 Å². The smallest absolute Gasteiger partial charge is 0.270 e. The molecule has 0 saturated heterocycles. The van der Waals surface area contributed by atoms with Gasteiger partial charge in [0.05, 0.1) is 0 Å². The average Bonchev–Trinajstić information content (AvgIpc) is 2.67. The Balaban J connectivity index is 1.38. The molecule has 1 aromatic carbocycles. The van der Waals surface area contributed by atoms with E-state index in [1.54, 1.807) is 24.4 Å². The number of Topliss-reactive ketones (excluding diaryl/α,β-unsaturated/α-hetero) is 1. The summed E-state index contributed by atoms with van der Waals surface area (Å²) in [5.74, 6) is 1.25. The fraction of sp³-hybridized carbons (Fsp3) is 0.458. The van der Waals surface area contributed by atoms with Crippen molar-refractivity contribution in [3.63, 3.8) is 0 Å². The van der Waals surface area contributed by atoms with Crippen LogP contribution >= 0.6 is 11.6 Å². The number of amides is 1. The maximum absolute atomic E-state index is 13.1. The molecule has 4 aliphatic rings. The number of carbonyl (C=O) groups excluding carboxylic acids is 2. The summed E-state index contributed by atoms with van der Waals surface area (Å²) in [5, 5.41) is 3.95. The van der Waals surface area contributed by atoms with E-state index in [4.69, 9.17) is 11.6 Å². The fourth-order valence-corrected chi connectivity index (χ4v) is 6.90. The van der Waals surface area contributed by atoms with Gasteiger partial charge in [-0.05, 0) is 80.0 Å². The van der Waals surface area contributed by atoms with Gasteiger partial charge in [0.25, 0.3) is 5.91 Å². The second-order valence-electron chi connectivity index (χ2n) is 9.52. The quantitative estimate of drug-likeness (QED) is 0.702. The van der Waals surface area contributed by atoms with Gasteiger partial charge in [-0.2, -0.15) is 0 Å². The number of hydrogen-bond acceptors (Lipinski definition) is 3. The molecule has 0 spiro atoms. The lowest BCUT2D eigenvalue weighted by atomic mass is 9.46. The number of benzene rings is 1. The number of carbonyl (C=O) groups is 2. The van der Waals surface area contributed by atoms with Gasteiger partial charge in [0.15, 0.2) is 5.78 Å². The molecule has 1 amide bonds. The van der Waals surface area contributed by atoms with Crippen molar-refractivity contribution in [1.82, 2.24) is 10.3 Å². The second-order valence-corrected chi connectivity index (χ2v) is 9.96. The third kappa shape index (κ3) is 3.59. The predicted molar refractivity (Wildman–Crippen MR) is 112 cm³/mol. The first kappa shape index (κ1) is 18.8. The molecule has 6 rings (SSSR count). The normalized spacial score (nSPS) is 32.2.